The molecule has 2 heterocycles. The van der Waals surface area contributed by atoms with E-state index in [1.807, 2.05) is 0 Å². The van der Waals surface area contributed by atoms with E-state index >= 15 is 0 Å². The smallest absolute Gasteiger partial charge is 0.397 e. The van der Waals surface area contributed by atoms with Crippen LogP contribution >= 0.6 is 0 Å². The molecule has 440 valence electrons. The second kappa shape index (κ2) is 37.4. The van der Waals surface area contributed by atoms with Crippen molar-refractivity contribution < 1.29 is 96.4 Å². The number of carbonyl (C=O) groups is 3. The number of aliphatic carboxylic acids is 1. The number of carboxylic acid groups (broad SMARTS) is 1. The molecule has 0 bridgehead atoms. The number of ether oxygens (including phenoxy) is 4. The standard InChI is InChI=1S/C52H96N2O20S/c1-5-6-7-8-9-10-11-12-13-14-17-21-24-27-30-39(58)49(64)54-37(38(57)29-26-23-20-18-15-16-19-22-25-28-35(2)3)33-70-50-47(63)46(62)44(60)42(72-50)34-71-52(51(65)66)31-40(59)43(53-36(4)56)48(73-52)45(61)41(32-55)74-75(67,68)69/h26,29,35,37-48,50,55,57-63H,5-25,27-28,30-34H2,1-4H3,(H,53,56)(H,54,64)(H,65,66)(H,67,68,69)/b29-26+/t37-,38+,39+,40-,41?,42+,43+,44+,45?,46-,47+,48+,50+,52+/m0/s1. The molecular formula is C52H96N2O20S. The van der Waals surface area contributed by atoms with Crippen molar-refractivity contribution in [3.8, 4) is 0 Å². The van der Waals surface area contributed by atoms with Crippen LogP contribution in [0.4, 0.5) is 0 Å². The Bertz CT molecular complexity index is 1710. The van der Waals surface area contributed by atoms with E-state index in [0.29, 0.717) is 18.8 Å². The Morgan fingerprint density at radius 3 is 1.81 bits per heavy atom. The fourth-order valence-corrected chi connectivity index (χ4v) is 9.84. The predicted molar refractivity (Wildman–Crippen MR) is 276 cm³/mol. The van der Waals surface area contributed by atoms with Gasteiger partial charge in [0, 0.05) is 13.3 Å². The summed E-state index contributed by atoms with van der Waals surface area (Å²) >= 11 is 0. The summed E-state index contributed by atoms with van der Waals surface area (Å²) in [5, 5.41) is 102. The lowest BCUT2D eigenvalue weighted by Gasteiger charge is -2.47. The minimum absolute atomic E-state index is 0.170. The van der Waals surface area contributed by atoms with Crippen molar-refractivity contribution in [1.29, 1.82) is 0 Å². The summed E-state index contributed by atoms with van der Waals surface area (Å²) in [5.41, 5.74) is 0. The van der Waals surface area contributed by atoms with Crippen molar-refractivity contribution in [1.82, 2.24) is 10.6 Å². The molecule has 2 unspecified atom stereocenters. The normalized spacial score (nSPS) is 26.5. The Balaban J connectivity index is 2.14. The summed E-state index contributed by atoms with van der Waals surface area (Å²) < 4.78 is 59.2. The Morgan fingerprint density at radius 1 is 0.773 bits per heavy atom. The van der Waals surface area contributed by atoms with Crippen LogP contribution in [0.2, 0.25) is 0 Å². The van der Waals surface area contributed by atoms with Gasteiger partial charge in [-0.25, -0.2) is 8.98 Å². The van der Waals surface area contributed by atoms with Gasteiger partial charge < -0.3 is 75.5 Å². The third-order valence-corrected chi connectivity index (χ3v) is 14.4. The number of aliphatic hydroxyl groups is 8. The zero-order valence-corrected chi connectivity index (χ0v) is 45.8. The van der Waals surface area contributed by atoms with E-state index in [2.05, 4.69) is 35.6 Å². The van der Waals surface area contributed by atoms with Crippen molar-refractivity contribution in [3.63, 3.8) is 0 Å². The second-order valence-corrected chi connectivity index (χ2v) is 22.0. The highest BCUT2D eigenvalue weighted by molar-refractivity contribution is 7.80. The van der Waals surface area contributed by atoms with Crippen LogP contribution in [-0.4, -0.2) is 182 Å². The predicted octanol–water partition coefficient (Wildman–Crippen LogP) is 3.60. The van der Waals surface area contributed by atoms with Crippen LogP contribution in [0.25, 0.3) is 0 Å². The van der Waals surface area contributed by atoms with E-state index in [1.54, 1.807) is 6.08 Å². The first-order valence-corrected chi connectivity index (χ1v) is 29.0. The monoisotopic (exact) mass is 1100 g/mol. The maximum absolute atomic E-state index is 13.4. The van der Waals surface area contributed by atoms with Gasteiger partial charge in [0.15, 0.2) is 6.29 Å². The van der Waals surface area contributed by atoms with Crippen molar-refractivity contribution in [2.45, 2.75) is 273 Å². The number of allylic oxidation sites excluding steroid dienone is 1. The molecule has 2 saturated heterocycles. The van der Waals surface area contributed by atoms with Crippen LogP contribution in [0.5, 0.6) is 0 Å². The van der Waals surface area contributed by atoms with E-state index in [9.17, 15) is 73.3 Å². The molecule has 0 aromatic rings. The van der Waals surface area contributed by atoms with Crippen LogP contribution in [0, 0.1) is 5.92 Å². The zero-order valence-electron chi connectivity index (χ0n) is 45.0. The first-order valence-electron chi connectivity index (χ1n) is 27.7. The Hall–Kier alpha value is -2.46. The second-order valence-electron chi connectivity index (χ2n) is 20.9. The van der Waals surface area contributed by atoms with Crippen LogP contribution < -0.4 is 10.6 Å². The number of hydrogen-bond acceptors (Lipinski definition) is 18. The van der Waals surface area contributed by atoms with Gasteiger partial charge in [0.25, 0.3) is 5.79 Å². The number of nitrogens with one attached hydrogen (secondary N) is 2. The molecule has 14 atom stereocenters. The average Bonchev–Trinajstić information content (AvgIpc) is 3.35. The SMILES string of the molecule is CCCCCCCCCCCCCCCC[C@@H](O)C(=O)N[C@@H](CO[C@@H]1O[C@H](CO[C@]2(C(=O)O)C[C@H](O)[C@@H](NC(C)=O)[C@H](C(O)C(CO)OS(=O)(=O)O)O2)[C@@H](O)[C@H](O)[C@H]1O)[C@H](O)/C=C/CCCCCCCCCC(C)C. The van der Waals surface area contributed by atoms with Gasteiger partial charge in [-0.2, -0.15) is 8.42 Å². The number of carbonyl (C=O) groups excluding carboxylic acids is 2. The third kappa shape index (κ3) is 26.8. The largest absolute Gasteiger partial charge is 0.477 e. The van der Waals surface area contributed by atoms with Crippen molar-refractivity contribution in [2.24, 2.45) is 5.92 Å². The summed E-state index contributed by atoms with van der Waals surface area (Å²) in [5.74, 6) is -5.83. The fourth-order valence-electron chi connectivity index (χ4n) is 9.36. The van der Waals surface area contributed by atoms with E-state index in [-0.39, 0.29) is 6.42 Å². The molecule has 0 aliphatic carbocycles. The molecule has 2 fully saturated rings. The summed E-state index contributed by atoms with van der Waals surface area (Å²) in [6, 6.07) is -2.92. The van der Waals surface area contributed by atoms with Crippen molar-refractivity contribution >= 4 is 28.2 Å². The third-order valence-electron chi connectivity index (χ3n) is 13.9. The lowest BCUT2D eigenvalue weighted by Crippen LogP contribution is -2.68. The molecule has 0 aromatic carbocycles. The number of unbranched alkanes of at least 4 members (excludes halogenated alkanes) is 20. The zero-order chi connectivity index (χ0) is 56.0. The van der Waals surface area contributed by atoms with Gasteiger partial charge in [0.2, 0.25) is 11.8 Å². The maximum Gasteiger partial charge on any atom is 0.397 e. The van der Waals surface area contributed by atoms with Gasteiger partial charge in [-0.1, -0.05) is 168 Å². The van der Waals surface area contributed by atoms with Gasteiger partial charge in [0.05, 0.1) is 44.1 Å². The molecule has 22 nitrogen and oxygen atoms in total. The molecule has 75 heavy (non-hydrogen) atoms. The molecular weight excluding hydrogens is 1000 g/mol. The summed E-state index contributed by atoms with van der Waals surface area (Å²) in [6.45, 7) is 4.78. The highest BCUT2D eigenvalue weighted by Gasteiger charge is 2.57. The quantitative estimate of drug-likeness (QED) is 0.0236. The first kappa shape index (κ1) is 68.6. The molecule has 0 radical (unpaired) electrons. The van der Waals surface area contributed by atoms with Crippen molar-refractivity contribution in [2.75, 3.05) is 19.8 Å². The molecule has 2 amide bonds. The average molecular weight is 1100 g/mol. The molecule has 12 N–H and O–H groups in total. The Labute approximate surface area is 445 Å². The maximum atomic E-state index is 13.4. The molecule has 0 spiro atoms. The molecule has 0 aromatic heterocycles. The van der Waals surface area contributed by atoms with Gasteiger partial charge in [-0.15, -0.1) is 0 Å². The molecule has 2 aliphatic rings. The highest BCUT2D eigenvalue weighted by atomic mass is 32.3. The van der Waals surface area contributed by atoms with Crippen molar-refractivity contribution in [3.05, 3.63) is 12.2 Å². The van der Waals surface area contributed by atoms with E-state index in [0.717, 1.165) is 58.3 Å². The highest BCUT2D eigenvalue weighted by Crippen LogP contribution is 2.35. The molecule has 23 heteroatoms. The van der Waals surface area contributed by atoms with Gasteiger partial charge in [-0.05, 0) is 25.2 Å². The summed E-state index contributed by atoms with van der Waals surface area (Å²) in [6.07, 6.45) is 7.02. The summed E-state index contributed by atoms with van der Waals surface area (Å²) in [4.78, 5) is 38.2. The molecule has 2 rings (SSSR count). The minimum atomic E-state index is -5.34. The fraction of sp³-hybridized carbons (Fsp3) is 0.904. The topological polar surface area (TPSA) is 358 Å². The van der Waals surface area contributed by atoms with E-state index in [1.165, 1.54) is 89.5 Å². The number of amides is 2. The molecule has 2 aliphatic heterocycles. The van der Waals surface area contributed by atoms with Gasteiger partial charge in [-0.3, -0.25) is 14.1 Å². The Kier molecular flexibility index (Phi) is 34.2. The van der Waals surface area contributed by atoms with Crippen LogP contribution in [0.15, 0.2) is 12.2 Å². The van der Waals surface area contributed by atoms with E-state index < -0.39 is 140 Å². The van der Waals surface area contributed by atoms with E-state index in [4.69, 9.17) is 18.9 Å². The number of carboxylic acids is 1. The molecule has 0 saturated carbocycles. The van der Waals surface area contributed by atoms with Crippen LogP contribution in [-0.2, 0) is 47.9 Å². The number of rotatable bonds is 42. The Morgan fingerprint density at radius 2 is 1.31 bits per heavy atom. The lowest BCUT2D eigenvalue weighted by atomic mass is 9.88. The lowest BCUT2D eigenvalue weighted by molar-refractivity contribution is -0.338. The number of hydrogen-bond donors (Lipinski definition) is 12. The minimum Gasteiger partial charge on any atom is -0.477 e. The van der Waals surface area contributed by atoms with Crippen LogP contribution in [0.1, 0.15) is 188 Å². The van der Waals surface area contributed by atoms with Gasteiger partial charge >= 0.3 is 16.4 Å². The van der Waals surface area contributed by atoms with Crippen LogP contribution in [0.3, 0.4) is 0 Å². The first-order chi connectivity index (χ1) is 35.6. The number of aliphatic hydroxyl groups excluding tert-OH is 8. The van der Waals surface area contributed by atoms with Gasteiger partial charge in [0.1, 0.15) is 48.8 Å². The summed E-state index contributed by atoms with van der Waals surface area (Å²) in [7, 11) is -5.34.